The number of benzene rings is 1. The molecule has 0 saturated carbocycles. The Balaban J connectivity index is 2.21. The van der Waals surface area contributed by atoms with Gasteiger partial charge in [0.05, 0.1) is 17.9 Å². The Kier molecular flexibility index (Phi) is 2.87. The zero-order valence-electron chi connectivity index (χ0n) is 11.4. The first kappa shape index (κ1) is 12.0. The van der Waals surface area contributed by atoms with E-state index in [2.05, 4.69) is 20.9 Å². The molecule has 3 aromatic rings. The fraction of sp³-hybridized carbons (Fsp3) is 0.267. The van der Waals surface area contributed by atoms with Crippen LogP contribution in [0.2, 0.25) is 0 Å². The second-order valence-electron chi connectivity index (χ2n) is 4.70. The topological polar surface area (TPSA) is 43.0 Å². The maximum Gasteiger partial charge on any atom is 0.134 e. The van der Waals surface area contributed by atoms with Gasteiger partial charge in [-0.2, -0.15) is 0 Å². The van der Waals surface area contributed by atoms with Gasteiger partial charge in [-0.15, -0.1) is 0 Å². The number of hydrogen-bond acceptors (Lipinski definition) is 3. The first-order valence-corrected chi connectivity index (χ1v) is 6.35. The Morgan fingerprint density at radius 1 is 1.32 bits per heavy atom. The summed E-state index contributed by atoms with van der Waals surface area (Å²) in [5.41, 5.74) is 4.16. The SMILES string of the molecule is CNCc1nc(C)c(-c2coc3ccccc23)n1C. The third-order valence-electron chi connectivity index (χ3n) is 3.43. The maximum absolute atomic E-state index is 5.63. The van der Waals surface area contributed by atoms with E-state index >= 15 is 0 Å². The largest absolute Gasteiger partial charge is 0.464 e. The van der Waals surface area contributed by atoms with E-state index in [4.69, 9.17) is 4.42 Å². The summed E-state index contributed by atoms with van der Waals surface area (Å²) in [4.78, 5) is 4.62. The average Bonchev–Trinajstić information content (AvgIpc) is 2.93. The van der Waals surface area contributed by atoms with Crippen LogP contribution in [0.5, 0.6) is 0 Å². The third kappa shape index (κ3) is 1.85. The number of aromatic nitrogens is 2. The molecule has 4 nitrogen and oxygen atoms in total. The highest BCUT2D eigenvalue weighted by Crippen LogP contribution is 2.32. The summed E-state index contributed by atoms with van der Waals surface area (Å²) in [7, 11) is 3.97. The van der Waals surface area contributed by atoms with Gasteiger partial charge in [-0.25, -0.2) is 4.98 Å². The van der Waals surface area contributed by atoms with Gasteiger partial charge in [-0.3, -0.25) is 0 Å². The van der Waals surface area contributed by atoms with Crippen molar-refractivity contribution in [1.29, 1.82) is 0 Å². The molecule has 2 heterocycles. The van der Waals surface area contributed by atoms with Gasteiger partial charge in [0.2, 0.25) is 0 Å². The number of rotatable bonds is 3. The fourth-order valence-corrected chi connectivity index (χ4v) is 2.55. The lowest BCUT2D eigenvalue weighted by Gasteiger charge is -2.05. The van der Waals surface area contributed by atoms with Crippen LogP contribution in [0, 0.1) is 6.92 Å². The van der Waals surface area contributed by atoms with Gasteiger partial charge in [0.15, 0.2) is 0 Å². The standard InChI is InChI=1S/C15H17N3O/c1-10-15(18(3)14(17-10)8-16-2)12-9-19-13-7-5-4-6-11(12)13/h4-7,9,16H,8H2,1-3H3. The summed E-state index contributed by atoms with van der Waals surface area (Å²) in [6.45, 7) is 2.80. The summed E-state index contributed by atoms with van der Waals surface area (Å²) in [5.74, 6) is 1.03. The molecule has 0 saturated heterocycles. The van der Waals surface area contributed by atoms with E-state index < -0.39 is 0 Å². The number of nitrogens with zero attached hydrogens (tertiary/aromatic N) is 2. The average molecular weight is 255 g/mol. The van der Waals surface area contributed by atoms with Gasteiger partial charge in [0.25, 0.3) is 0 Å². The molecule has 0 bridgehead atoms. The number of para-hydroxylation sites is 1. The van der Waals surface area contributed by atoms with Gasteiger partial charge < -0.3 is 14.3 Å². The Labute approximate surface area is 112 Å². The Hall–Kier alpha value is -2.07. The van der Waals surface area contributed by atoms with Crippen LogP contribution in [0.4, 0.5) is 0 Å². The molecule has 0 radical (unpaired) electrons. The van der Waals surface area contributed by atoms with E-state index in [1.165, 1.54) is 0 Å². The molecule has 0 aliphatic rings. The molecule has 0 unspecified atom stereocenters. The van der Waals surface area contributed by atoms with Crippen LogP contribution in [0.3, 0.4) is 0 Å². The van der Waals surface area contributed by atoms with Crippen molar-refractivity contribution in [3.63, 3.8) is 0 Å². The predicted octanol–water partition coefficient (Wildman–Crippen LogP) is 2.86. The molecule has 0 aliphatic heterocycles. The first-order chi connectivity index (χ1) is 9.22. The molecular formula is C15H17N3O. The second-order valence-corrected chi connectivity index (χ2v) is 4.70. The van der Waals surface area contributed by atoms with Gasteiger partial charge in [-0.1, -0.05) is 18.2 Å². The quantitative estimate of drug-likeness (QED) is 0.782. The molecule has 19 heavy (non-hydrogen) atoms. The van der Waals surface area contributed by atoms with Crippen LogP contribution >= 0.6 is 0 Å². The summed E-state index contributed by atoms with van der Waals surface area (Å²) < 4.78 is 7.75. The Bertz CT molecular complexity index is 724. The predicted molar refractivity (Wildman–Crippen MR) is 75.9 cm³/mol. The van der Waals surface area contributed by atoms with Crippen molar-refractivity contribution in [1.82, 2.24) is 14.9 Å². The molecule has 0 atom stereocenters. The summed E-state index contributed by atoms with van der Waals surface area (Å²) in [6.07, 6.45) is 1.82. The van der Waals surface area contributed by atoms with Crippen LogP contribution in [-0.2, 0) is 13.6 Å². The van der Waals surface area contributed by atoms with Crippen LogP contribution < -0.4 is 5.32 Å². The Morgan fingerprint density at radius 3 is 2.89 bits per heavy atom. The second kappa shape index (κ2) is 4.55. The lowest BCUT2D eigenvalue weighted by atomic mass is 10.1. The van der Waals surface area contributed by atoms with E-state index in [0.29, 0.717) is 0 Å². The highest BCUT2D eigenvalue weighted by Gasteiger charge is 2.16. The highest BCUT2D eigenvalue weighted by atomic mass is 16.3. The van der Waals surface area contributed by atoms with Gasteiger partial charge in [0.1, 0.15) is 17.7 Å². The van der Waals surface area contributed by atoms with Crippen molar-refractivity contribution in [2.24, 2.45) is 7.05 Å². The van der Waals surface area contributed by atoms with E-state index in [1.54, 1.807) is 0 Å². The number of aryl methyl sites for hydroxylation is 1. The van der Waals surface area contributed by atoms with Crippen molar-refractivity contribution in [3.8, 4) is 11.3 Å². The highest BCUT2D eigenvalue weighted by molar-refractivity contribution is 5.93. The number of hydrogen-bond donors (Lipinski definition) is 1. The zero-order valence-corrected chi connectivity index (χ0v) is 11.4. The number of imidazole rings is 1. The zero-order chi connectivity index (χ0) is 13.4. The monoisotopic (exact) mass is 255 g/mol. The molecule has 0 spiro atoms. The molecule has 2 aromatic heterocycles. The number of furan rings is 1. The van der Waals surface area contributed by atoms with Crippen molar-refractivity contribution in [2.45, 2.75) is 13.5 Å². The van der Waals surface area contributed by atoms with Crippen LogP contribution in [-0.4, -0.2) is 16.6 Å². The van der Waals surface area contributed by atoms with E-state index in [9.17, 15) is 0 Å². The van der Waals surface area contributed by atoms with E-state index in [0.717, 1.165) is 40.3 Å². The molecule has 1 N–H and O–H groups in total. The molecule has 1 aromatic carbocycles. The molecular weight excluding hydrogens is 238 g/mol. The van der Waals surface area contributed by atoms with Crippen molar-refractivity contribution < 1.29 is 4.42 Å². The molecule has 0 fully saturated rings. The number of nitrogens with one attached hydrogen (secondary N) is 1. The van der Waals surface area contributed by atoms with Crippen molar-refractivity contribution >= 4 is 11.0 Å². The first-order valence-electron chi connectivity index (χ1n) is 6.35. The smallest absolute Gasteiger partial charge is 0.134 e. The van der Waals surface area contributed by atoms with E-state index in [1.807, 2.05) is 45.5 Å². The lowest BCUT2D eigenvalue weighted by Crippen LogP contribution is -2.10. The summed E-state index contributed by atoms with van der Waals surface area (Å²) in [6, 6.07) is 8.08. The van der Waals surface area contributed by atoms with Gasteiger partial charge in [-0.05, 0) is 20.0 Å². The molecule has 0 aliphatic carbocycles. The fourth-order valence-electron chi connectivity index (χ4n) is 2.55. The maximum atomic E-state index is 5.63. The van der Waals surface area contributed by atoms with Gasteiger partial charge >= 0.3 is 0 Å². The van der Waals surface area contributed by atoms with Crippen LogP contribution in [0.25, 0.3) is 22.2 Å². The van der Waals surface area contributed by atoms with Gasteiger partial charge in [0, 0.05) is 18.0 Å². The summed E-state index contributed by atoms with van der Waals surface area (Å²) in [5, 5.41) is 4.27. The Morgan fingerprint density at radius 2 is 2.11 bits per heavy atom. The minimum atomic E-state index is 0.757. The summed E-state index contributed by atoms with van der Waals surface area (Å²) >= 11 is 0. The normalized spacial score (nSPS) is 11.3. The van der Waals surface area contributed by atoms with E-state index in [-0.39, 0.29) is 0 Å². The third-order valence-corrected chi connectivity index (χ3v) is 3.43. The minimum Gasteiger partial charge on any atom is -0.464 e. The van der Waals surface area contributed by atoms with Crippen LogP contribution in [0.1, 0.15) is 11.5 Å². The molecule has 0 amide bonds. The molecule has 3 rings (SSSR count). The van der Waals surface area contributed by atoms with Crippen LogP contribution in [0.15, 0.2) is 34.9 Å². The lowest BCUT2D eigenvalue weighted by molar-refractivity contribution is 0.616. The number of fused-ring (bicyclic) bond motifs is 1. The molecule has 4 heteroatoms. The van der Waals surface area contributed by atoms with Crippen molar-refractivity contribution in [3.05, 3.63) is 42.0 Å². The minimum absolute atomic E-state index is 0.757. The molecule has 98 valence electrons. The van der Waals surface area contributed by atoms with Crippen molar-refractivity contribution in [2.75, 3.05) is 7.05 Å².